The maximum Gasteiger partial charge on any atom is 0.225 e. The van der Waals surface area contributed by atoms with Crippen LogP contribution in [-0.4, -0.2) is 37.3 Å². The highest BCUT2D eigenvalue weighted by Crippen LogP contribution is 2.33. The highest BCUT2D eigenvalue weighted by Gasteiger charge is 2.26. The molecule has 22 heavy (non-hydrogen) atoms. The van der Waals surface area contributed by atoms with E-state index >= 15 is 0 Å². The van der Waals surface area contributed by atoms with Crippen molar-refractivity contribution in [3.63, 3.8) is 0 Å². The zero-order valence-corrected chi connectivity index (χ0v) is 13.2. The molecule has 1 atom stereocenters. The molecule has 1 aromatic carbocycles. The molecule has 5 nitrogen and oxygen atoms in total. The summed E-state index contributed by atoms with van der Waals surface area (Å²) in [6.45, 7) is 3.87. The lowest BCUT2D eigenvalue weighted by molar-refractivity contribution is 0.393. The fourth-order valence-electron chi connectivity index (χ4n) is 2.87. The van der Waals surface area contributed by atoms with Gasteiger partial charge in [-0.15, -0.1) is 0 Å². The van der Waals surface area contributed by atoms with Crippen LogP contribution in [0.3, 0.4) is 0 Å². The quantitative estimate of drug-likeness (QED) is 0.869. The molecule has 0 radical (unpaired) electrons. The van der Waals surface area contributed by atoms with E-state index in [9.17, 15) is 0 Å². The molecule has 116 valence electrons. The number of hydrogen-bond donors (Lipinski definition) is 0. The van der Waals surface area contributed by atoms with Gasteiger partial charge < -0.3 is 14.4 Å². The number of anilines is 1. The standard InChI is InChI=1S/C17H21N3O2/c1-12-4-6-18-17(19-12)20-7-5-13(11-20)14-8-15(21-2)10-16(9-14)22-3/h4,6,8-10,13H,5,7,11H2,1-3H3/t13-/m0/s1. The number of aromatic nitrogens is 2. The summed E-state index contributed by atoms with van der Waals surface area (Å²) in [6.07, 6.45) is 2.90. The summed E-state index contributed by atoms with van der Waals surface area (Å²) in [5.41, 5.74) is 2.24. The number of ether oxygens (including phenoxy) is 2. The SMILES string of the molecule is COc1cc(OC)cc([C@H]2CCN(c3nccc(C)n3)C2)c1. The largest absolute Gasteiger partial charge is 0.497 e. The predicted octanol–water partition coefficient (Wildman–Crippen LogP) is 2.80. The average molecular weight is 299 g/mol. The van der Waals surface area contributed by atoms with Gasteiger partial charge in [0, 0.05) is 37.0 Å². The minimum atomic E-state index is 0.438. The first kappa shape index (κ1) is 14.6. The van der Waals surface area contributed by atoms with Crippen LogP contribution in [0.4, 0.5) is 5.95 Å². The number of hydrogen-bond acceptors (Lipinski definition) is 5. The Morgan fingerprint density at radius 1 is 1.14 bits per heavy atom. The Balaban J connectivity index is 1.80. The molecule has 1 aliphatic heterocycles. The maximum atomic E-state index is 5.37. The first-order chi connectivity index (χ1) is 10.7. The molecule has 2 aromatic rings. The molecule has 1 fully saturated rings. The Bertz CT molecular complexity index is 638. The smallest absolute Gasteiger partial charge is 0.225 e. The molecule has 0 spiro atoms. The minimum Gasteiger partial charge on any atom is -0.497 e. The molecular weight excluding hydrogens is 278 g/mol. The second-order valence-electron chi connectivity index (χ2n) is 5.58. The van der Waals surface area contributed by atoms with Crippen molar-refractivity contribution < 1.29 is 9.47 Å². The monoisotopic (exact) mass is 299 g/mol. The van der Waals surface area contributed by atoms with Crippen LogP contribution in [0.5, 0.6) is 11.5 Å². The van der Waals surface area contributed by atoms with E-state index in [1.54, 1.807) is 14.2 Å². The zero-order chi connectivity index (χ0) is 15.5. The topological polar surface area (TPSA) is 47.5 Å². The fraction of sp³-hybridized carbons (Fsp3) is 0.412. The highest BCUT2D eigenvalue weighted by atomic mass is 16.5. The lowest BCUT2D eigenvalue weighted by Gasteiger charge is -2.17. The number of nitrogens with zero attached hydrogens (tertiary/aromatic N) is 3. The minimum absolute atomic E-state index is 0.438. The molecule has 1 aromatic heterocycles. The van der Waals surface area contributed by atoms with Gasteiger partial charge in [0.25, 0.3) is 0 Å². The Labute approximate surface area is 130 Å². The Kier molecular flexibility index (Phi) is 4.13. The molecule has 1 saturated heterocycles. The second kappa shape index (κ2) is 6.22. The third-order valence-corrected chi connectivity index (χ3v) is 4.10. The summed E-state index contributed by atoms with van der Waals surface area (Å²) in [6, 6.07) is 8.01. The highest BCUT2D eigenvalue weighted by molar-refractivity contribution is 5.42. The van der Waals surface area contributed by atoms with Crippen molar-refractivity contribution in [3.8, 4) is 11.5 Å². The molecule has 0 amide bonds. The fourth-order valence-corrected chi connectivity index (χ4v) is 2.87. The van der Waals surface area contributed by atoms with Gasteiger partial charge in [-0.1, -0.05) is 0 Å². The third-order valence-electron chi connectivity index (χ3n) is 4.10. The third kappa shape index (κ3) is 2.98. The number of aryl methyl sites for hydroxylation is 1. The zero-order valence-electron chi connectivity index (χ0n) is 13.2. The van der Waals surface area contributed by atoms with E-state index in [-0.39, 0.29) is 0 Å². The summed E-state index contributed by atoms with van der Waals surface area (Å²) in [7, 11) is 3.36. The molecule has 0 N–H and O–H groups in total. The van der Waals surface area contributed by atoms with Gasteiger partial charge in [0.2, 0.25) is 5.95 Å². The first-order valence-corrected chi connectivity index (χ1v) is 7.47. The van der Waals surface area contributed by atoms with Gasteiger partial charge in [-0.25, -0.2) is 9.97 Å². The molecule has 1 aliphatic rings. The van der Waals surface area contributed by atoms with E-state index in [0.29, 0.717) is 5.92 Å². The number of methoxy groups -OCH3 is 2. The van der Waals surface area contributed by atoms with Gasteiger partial charge in [-0.3, -0.25) is 0 Å². The van der Waals surface area contributed by atoms with Crippen LogP contribution in [0, 0.1) is 6.92 Å². The molecule has 0 bridgehead atoms. The summed E-state index contributed by atoms with van der Waals surface area (Å²) in [5, 5.41) is 0. The Hall–Kier alpha value is -2.30. The molecule has 0 unspecified atom stereocenters. The van der Waals surface area contributed by atoms with Crippen LogP contribution >= 0.6 is 0 Å². The molecular formula is C17H21N3O2. The Morgan fingerprint density at radius 2 is 1.86 bits per heavy atom. The average Bonchev–Trinajstić information content (AvgIpc) is 3.04. The summed E-state index contributed by atoms with van der Waals surface area (Å²) >= 11 is 0. The molecule has 3 rings (SSSR count). The second-order valence-corrected chi connectivity index (χ2v) is 5.58. The van der Waals surface area contributed by atoms with Crippen molar-refractivity contribution in [2.45, 2.75) is 19.3 Å². The van der Waals surface area contributed by atoms with Crippen LogP contribution in [-0.2, 0) is 0 Å². The van der Waals surface area contributed by atoms with E-state index in [2.05, 4.69) is 27.0 Å². The van der Waals surface area contributed by atoms with Crippen LogP contribution in [0.2, 0.25) is 0 Å². The van der Waals surface area contributed by atoms with Crippen molar-refractivity contribution in [1.29, 1.82) is 0 Å². The van der Waals surface area contributed by atoms with E-state index in [1.807, 2.05) is 25.3 Å². The van der Waals surface area contributed by atoms with Gasteiger partial charge in [-0.2, -0.15) is 0 Å². The molecule has 0 saturated carbocycles. The lowest BCUT2D eigenvalue weighted by atomic mass is 9.98. The van der Waals surface area contributed by atoms with E-state index in [1.165, 1.54) is 5.56 Å². The number of benzene rings is 1. The van der Waals surface area contributed by atoms with Crippen LogP contribution in [0.15, 0.2) is 30.5 Å². The normalized spacial score (nSPS) is 17.6. The predicted molar refractivity (Wildman–Crippen MR) is 85.9 cm³/mol. The Morgan fingerprint density at radius 3 is 2.50 bits per heavy atom. The van der Waals surface area contributed by atoms with Gasteiger partial charge in [0.05, 0.1) is 14.2 Å². The van der Waals surface area contributed by atoms with Crippen molar-refractivity contribution in [2.24, 2.45) is 0 Å². The van der Waals surface area contributed by atoms with Gasteiger partial charge >= 0.3 is 0 Å². The molecule has 2 heterocycles. The van der Waals surface area contributed by atoms with E-state index in [4.69, 9.17) is 9.47 Å². The van der Waals surface area contributed by atoms with Gasteiger partial charge in [0.15, 0.2) is 0 Å². The van der Waals surface area contributed by atoms with Gasteiger partial charge in [0.1, 0.15) is 11.5 Å². The summed E-state index contributed by atoms with van der Waals surface area (Å²) in [5.74, 6) is 2.92. The van der Waals surface area contributed by atoms with E-state index < -0.39 is 0 Å². The van der Waals surface area contributed by atoms with Crippen molar-refractivity contribution in [3.05, 3.63) is 41.7 Å². The number of rotatable bonds is 4. The van der Waals surface area contributed by atoms with E-state index in [0.717, 1.165) is 42.7 Å². The van der Waals surface area contributed by atoms with Crippen molar-refractivity contribution in [1.82, 2.24) is 9.97 Å². The summed E-state index contributed by atoms with van der Waals surface area (Å²) < 4.78 is 10.7. The van der Waals surface area contributed by atoms with Crippen molar-refractivity contribution in [2.75, 3.05) is 32.2 Å². The summed E-state index contributed by atoms with van der Waals surface area (Å²) in [4.78, 5) is 11.1. The maximum absolute atomic E-state index is 5.37. The first-order valence-electron chi connectivity index (χ1n) is 7.47. The van der Waals surface area contributed by atoms with Crippen LogP contribution < -0.4 is 14.4 Å². The molecule has 0 aliphatic carbocycles. The van der Waals surface area contributed by atoms with Crippen LogP contribution in [0.1, 0.15) is 23.6 Å². The van der Waals surface area contributed by atoms with Crippen molar-refractivity contribution >= 4 is 5.95 Å². The lowest BCUT2D eigenvalue weighted by Crippen LogP contribution is -2.21. The van der Waals surface area contributed by atoms with Gasteiger partial charge in [-0.05, 0) is 37.1 Å². The molecule has 5 heteroatoms. The van der Waals surface area contributed by atoms with Crippen LogP contribution in [0.25, 0.3) is 0 Å².